The Hall–Kier alpha value is -1.46. The van der Waals surface area contributed by atoms with E-state index in [0.717, 1.165) is 0 Å². The van der Waals surface area contributed by atoms with Gasteiger partial charge in [0.2, 0.25) is 0 Å². The zero-order valence-electron chi connectivity index (χ0n) is 11.1. The summed E-state index contributed by atoms with van der Waals surface area (Å²) in [6.07, 6.45) is 0.594. The van der Waals surface area contributed by atoms with E-state index in [4.69, 9.17) is 23.2 Å². The van der Waals surface area contributed by atoms with Crippen LogP contribution in [0.1, 0.15) is 20.3 Å². The van der Waals surface area contributed by atoms with Gasteiger partial charge in [0.15, 0.2) is 0 Å². The third-order valence-corrected chi connectivity index (χ3v) is 3.77. The number of carbonyl (C=O) groups is 2. The van der Waals surface area contributed by atoms with Crippen LogP contribution in [-0.2, 0) is 4.79 Å². The lowest BCUT2D eigenvalue weighted by atomic mass is 9.99. The molecule has 0 radical (unpaired) electrons. The highest BCUT2D eigenvalue weighted by molar-refractivity contribution is 6.43. The van der Waals surface area contributed by atoms with Crippen LogP contribution in [0.25, 0.3) is 0 Å². The van der Waals surface area contributed by atoms with E-state index in [9.17, 15) is 14.7 Å². The average Bonchev–Trinajstić information content (AvgIpc) is 2.40. The van der Waals surface area contributed by atoms with Gasteiger partial charge in [-0.3, -0.25) is 0 Å². The number of carbonyl (C=O) groups excluding carboxylic acids is 2. The molecule has 0 saturated carbocycles. The number of rotatable bonds is 5. The third-order valence-electron chi connectivity index (χ3n) is 2.95. The molecule has 2 N–H and O–H groups in total. The van der Waals surface area contributed by atoms with E-state index in [1.165, 1.54) is 0 Å². The Labute approximate surface area is 127 Å². The summed E-state index contributed by atoms with van der Waals surface area (Å²) in [5.41, 5.74) is 0.304. The Balaban J connectivity index is 2.76. The van der Waals surface area contributed by atoms with E-state index in [1.54, 1.807) is 25.1 Å². The van der Waals surface area contributed by atoms with Crippen LogP contribution < -0.4 is 15.7 Å². The molecule has 0 aromatic heterocycles. The van der Waals surface area contributed by atoms with Crippen LogP contribution in [0, 0.1) is 5.92 Å². The second-order valence-corrected chi connectivity index (χ2v) is 5.17. The minimum Gasteiger partial charge on any atom is -0.548 e. The lowest BCUT2D eigenvalue weighted by Crippen LogP contribution is -2.52. The highest BCUT2D eigenvalue weighted by Crippen LogP contribution is 2.29. The maximum absolute atomic E-state index is 11.8. The van der Waals surface area contributed by atoms with E-state index in [-0.39, 0.29) is 10.9 Å². The van der Waals surface area contributed by atoms with E-state index >= 15 is 0 Å². The molecule has 0 saturated heterocycles. The van der Waals surface area contributed by atoms with Gasteiger partial charge in [0.25, 0.3) is 0 Å². The minimum atomic E-state index is -1.33. The highest BCUT2D eigenvalue weighted by atomic mass is 35.5. The Bertz CT molecular complexity index is 508. The molecular weight excluding hydrogens is 303 g/mol. The second-order valence-electron chi connectivity index (χ2n) is 4.38. The molecule has 110 valence electrons. The molecule has 0 heterocycles. The molecule has 1 aromatic rings. The fraction of sp³-hybridized carbons (Fsp3) is 0.385. The fourth-order valence-corrected chi connectivity index (χ4v) is 1.92. The summed E-state index contributed by atoms with van der Waals surface area (Å²) in [6.45, 7) is 3.54. The highest BCUT2D eigenvalue weighted by Gasteiger charge is 2.20. The van der Waals surface area contributed by atoms with Gasteiger partial charge in [0.05, 0.1) is 27.7 Å². The number of amides is 2. The van der Waals surface area contributed by atoms with Crippen LogP contribution in [0.3, 0.4) is 0 Å². The van der Waals surface area contributed by atoms with Crippen molar-refractivity contribution in [2.45, 2.75) is 26.3 Å². The van der Waals surface area contributed by atoms with Crippen molar-refractivity contribution >= 4 is 40.9 Å². The average molecular weight is 318 g/mol. The number of benzene rings is 1. The number of halogens is 2. The molecule has 7 heteroatoms. The Morgan fingerprint density at radius 3 is 2.55 bits per heavy atom. The SMILES string of the molecule is CC[C@@H](C)[C@H](NC(=O)Nc1cccc(Cl)c1Cl)C(=O)[O-]. The van der Waals surface area contributed by atoms with Gasteiger partial charge in [0, 0.05) is 0 Å². The monoisotopic (exact) mass is 317 g/mol. The van der Waals surface area contributed by atoms with Crippen molar-refractivity contribution in [2.24, 2.45) is 5.92 Å². The zero-order chi connectivity index (χ0) is 15.3. The van der Waals surface area contributed by atoms with Gasteiger partial charge in [0.1, 0.15) is 0 Å². The molecule has 1 aromatic carbocycles. The predicted octanol–water partition coefficient (Wildman–Crippen LogP) is 2.28. The lowest BCUT2D eigenvalue weighted by Gasteiger charge is -2.25. The van der Waals surface area contributed by atoms with Crippen molar-refractivity contribution in [1.82, 2.24) is 5.32 Å². The van der Waals surface area contributed by atoms with Crippen molar-refractivity contribution in [1.29, 1.82) is 0 Å². The molecular formula is C13H15Cl2N2O3-. The number of hydrogen-bond donors (Lipinski definition) is 2. The van der Waals surface area contributed by atoms with Gasteiger partial charge < -0.3 is 20.5 Å². The first-order valence-corrected chi connectivity index (χ1v) is 6.84. The van der Waals surface area contributed by atoms with Crippen molar-refractivity contribution in [3.05, 3.63) is 28.2 Å². The summed E-state index contributed by atoms with van der Waals surface area (Å²) in [4.78, 5) is 22.8. The number of aliphatic carboxylic acids is 1. The van der Waals surface area contributed by atoms with Crippen LogP contribution >= 0.6 is 23.2 Å². The largest absolute Gasteiger partial charge is 0.548 e. The smallest absolute Gasteiger partial charge is 0.319 e. The van der Waals surface area contributed by atoms with E-state index < -0.39 is 18.0 Å². The first-order chi connectivity index (χ1) is 9.36. The van der Waals surface area contributed by atoms with E-state index in [0.29, 0.717) is 17.1 Å². The molecule has 0 fully saturated rings. The van der Waals surface area contributed by atoms with Gasteiger partial charge in [-0.2, -0.15) is 0 Å². The van der Waals surface area contributed by atoms with E-state index in [1.807, 2.05) is 6.92 Å². The summed E-state index contributed by atoms with van der Waals surface area (Å²) < 4.78 is 0. The minimum absolute atomic E-state index is 0.192. The second kappa shape index (κ2) is 7.36. The number of carboxylic acid groups (broad SMARTS) is 1. The third kappa shape index (κ3) is 4.28. The zero-order valence-corrected chi connectivity index (χ0v) is 12.6. The van der Waals surface area contributed by atoms with Crippen LogP contribution in [0.5, 0.6) is 0 Å². The molecule has 1 rings (SSSR count). The van der Waals surface area contributed by atoms with Gasteiger partial charge >= 0.3 is 6.03 Å². The standard InChI is InChI=1S/C13H16Cl2N2O3/c1-3-7(2)11(12(18)19)17-13(20)16-9-6-4-5-8(14)10(9)15/h4-7,11H,3H2,1-2H3,(H,18,19)(H2,16,17,20)/p-1/t7-,11+/m1/s1. The van der Waals surface area contributed by atoms with Crippen molar-refractivity contribution in [3.8, 4) is 0 Å². The van der Waals surface area contributed by atoms with Crippen molar-refractivity contribution in [2.75, 3.05) is 5.32 Å². The summed E-state index contributed by atoms with van der Waals surface area (Å²) in [5, 5.41) is 16.3. The quantitative estimate of drug-likeness (QED) is 0.874. The molecule has 2 atom stereocenters. The van der Waals surface area contributed by atoms with Gasteiger partial charge in [-0.05, 0) is 18.1 Å². The van der Waals surface area contributed by atoms with Gasteiger partial charge in [-0.1, -0.05) is 49.5 Å². The van der Waals surface area contributed by atoms with Crippen LogP contribution in [-0.4, -0.2) is 18.0 Å². The molecule has 5 nitrogen and oxygen atoms in total. The van der Waals surface area contributed by atoms with Crippen LogP contribution in [0.4, 0.5) is 10.5 Å². The van der Waals surface area contributed by atoms with E-state index in [2.05, 4.69) is 10.6 Å². The predicted molar refractivity (Wildman–Crippen MR) is 76.9 cm³/mol. The first kappa shape index (κ1) is 16.6. The van der Waals surface area contributed by atoms with Crippen molar-refractivity contribution < 1.29 is 14.7 Å². The molecule has 0 unspecified atom stereocenters. The number of anilines is 1. The number of nitrogens with one attached hydrogen (secondary N) is 2. The molecule has 20 heavy (non-hydrogen) atoms. The Morgan fingerprint density at radius 2 is 2.00 bits per heavy atom. The molecule has 0 aliphatic carbocycles. The summed E-state index contributed by atoms with van der Waals surface area (Å²) in [5.74, 6) is -1.58. The molecule has 0 spiro atoms. The number of urea groups is 1. The maximum Gasteiger partial charge on any atom is 0.319 e. The molecule has 0 aliphatic heterocycles. The number of carboxylic acids is 1. The summed E-state index contributed by atoms with van der Waals surface area (Å²) in [7, 11) is 0. The molecule has 0 bridgehead atoms. The van der Waals surface area contributed by atoms with Crippen LogP contribution in [0.15, 0.2) is 18.2 Å². The fourth-order valence-electron chi connectivity index (χ4n) is 1.57. The maximum atomic E-state index is 11.8. The van der Waals surface area contributed by atoms with Crippen molar-refractivity contribution in [3.63, 3.8) is 0 Å². The summed E-state index contributed by atoms with van der Waals surface area (Å²) in [6, 6.07) is 3.01. The molecule has 0 aliphatic rings. The first-order valence-electron chi connectivity index (χ1n) is 6.09. The van der Waals surface area contributed by atoms with Gasteiger partial charge in [-0.15, -0.1) is 0 Å². The normalized spacial score (nSPS) is 13.4. The lowest BCUT2D eigenvalue weighted by molar-refractivity contribution is -0.309. The number of hydrogen-bond acceptors (Lipinski definition) is 3. The Kier molecular flexibility index (Phi) is 6.10. The van der Waals surface area contributed by atoms with Gasteiger partial charge in [-0.25, -0.2) is 4.79 Å². The topological polar surface area (TPSA) is 81.3 Å². The van der Waals surface area contributed by atoms with Crippen LogP contribution in [0.2, 0.25) is 10.0 Å². The Morgan fingerprint density at radius 1 is 1.35 bits per heavy atom. The molecule has 2 amide bonds. The summed E-state index contributed by atoms with van der Waals surface area (Å²) >= 11 is 11.7.